The number of nitrogens with zero attached hydrogens (tertiary/aromatic N) is 1. The fourth-order valence-electron chi connectivity index (χ4n) is 4.15. The Morgan fingerprint density at radius 1 is 1.09 bits per heavy atom. The summed E-state index contributed by atoms with van der Waals surface area (Å²) in [6.07, 6.45) is -3.95. The second kappa shape index (κ2) is 8.03. The monoisotopic (exact) mass is 440 g/mol. The highest BCUT2D eigenvalue weighted by Crippen LogP contribution is 2.43. The number of rotatable bonds is 5. The molecule has 0 aliphatic carbocycles. The molecule has 0 bridgehead atoms. The third kappa shape index (κ3) is 3.99. The van der Waals surface area contributed by atoms with Crippen molar-refractivity contribution in [2.24, 2.45) is 0 Å². The largest absolute Gasteiger partial charge is 0.586 e. The van der Waals surface area contributed by atoms with Crippen LogP contribution in [-0.2, 0) is 9.53 Å². The van der Waals surface area contributed by atoms with Crippen LogP contribution in [0, 0.1) is 0 Å². The Balaban J connectivity index is 1.27. The average molecular weight is 440 g/mol. The Kier molecular flexibility index (Phi) is 5.19. The van der Waals surface area contributed by atoms with Crippen molar-refractivity contribution >= 4 is 22.4 Å². The zero-order valence-corrected chi connectivity index (χ0v) is 17.4. The molecule has 3 aromatic carbocycles. The van der Waals surface area contributed by atoms with E-state index in [0.29, 0.717) is 18.8 Å². The van der Waals surface area contributed by atoms with E-state index in [4.69, 9.17) is 4.74 Å². The molecule has 32 heavy (non-hydrogen) atoms. The number of nitrogens with one attached hydrogen (secondary N) is 1. The summed E-state index contributed by atoms with van der Waals surface area (Å²) in [4.78, 5) is 14.0. The molecule has 0 saturated carbocycles. The van der Waals surface area contributed by atoms with E-state index < -0.39 is 6.29 Å². The van der Waals surface area contributed by atoms with Gasteiger partial charge in [-0.2, -0.15) is 0 Å². The van der Waals surface area contributed by atoms with Crippen LogP contribution in [0.5, 0.6) is 11.5 Å². The van der Waals surface area contributed by atoms with Gasteiger partial charge in [-0.15, -0.1) is 8.78 Å². The maximum absolute atomic E-state index is 13.3. The lowest BCUT2D eigenvalue weighted by molar-refractivity contribution is -0.286. The van der Waals surface area contributed by atoms with Gasteiger partial charge in [-0.1, -0.05) is 42.5 Å². The van der Waals surface area contributed by atoms with Crippen molar-refractivity contribution in [3.63, 3.8) is 0 Å². The SMILES string of the molecule is C[C@@H](NCC1CN(c2ccc3c(c2)OC(F)(F)O3)C(=O)CO1)c1cccc2ccccc12. The highest BCUT2D eigenvalue weighted by Gasteiger charge is 2.43. The van der Waals surface area contributed by atoms with Gasteiger partial charge in [-0.05, 0) is 35.4 Å². The van der Waals surface area contributed by atoms with E-state index in [1.165, 1.54) is 33.4 Å². The summed E-state index contributed by atoms with van der Waals surface area (Å²) in [5, 5.41) is 5.86. The third-order valence-electron chi connectivity index (χ3n) is 5.77. The molecule has 1 unspecified atom stereocenters. The Bertz CT molecular complexity index is 1160. The van der Waals surface area contributed by atoms with Crippen LogP contribution in [-0.4, -0.2) is 38.0 Å². The Morgan fingerprint density at radius 3 is 2.75 bits per heavy atom. The molecule has 2 aliphatic rings. The smallest absolute Gasteiger partial charge is 0.395 e. The number of benzene rings is 3. The summed E-state index contributed by atoms with van der Waals surface area (Å²) < 4.78 is 41.3. The lowest BCUT2D eigenvalue weighted by Crippen LogP contribution is -2.50. The minimum absolute atomic E-state index is 0.0541. The van der Waals surface area contributed by atoms with Crippen molar-refractivity contribution in [3.05, 3.63) is 66.2 Å². The molecule has 0 radical (unpaired) electrons. The standard InChI is InChI=1S/C24H22F2N2O4/c1-15(19-8-4-6-16-5-2-3-7-20(16)19)27-12-18-13-28(23(29)14-30-18)17-9-10-21-22(11-17)32-24(25,26)31-21/h2-11,15,18,27H,12-14H2,1H3/t15-,18?/m1/s1. The molecule has 1 amide bonds. The summed E-state index contributed by atoms with van der Waals surface area (Å²) in [5.41, 5.74) is 1.65. The lowest BCUT2D eigenvalue weighted by atomic mass is 9.99. The second-order valence-corrected chi connectivity index (χ2v) is 7.93. The lowest BCUT2D eigenvalue weighted by Gasteiger charge is -2.33. The average Bonchev–Trinajstić information content (AvgIpc) is 3.10. The number of ether oxygens (including phenoxy) is 3. The highest BCUT2D eigenvalue weighted by molar-refractivity contribution is 5.95. The van der Waals surface area contributed by atoms with Gasteiger partial charge in [-0.3, -0.25) is 4.79 Å². The van der Waals surface area contributed by atoms with Crippen LogP contribution in [0.4, 0.5) is 14.5 Å². The number of morpholine rings is 1. The van der Waals surface area contributed by atoms with E-state index >= 15 is 0 Å². The molecule has 8 heteroatoms. The Morgan fingerprint density at radius 2 is 1.88 bits per heavy atom. The first kappa shape index (κ1) is 20.7. The highest BCUT2D eigenvalue weighted by atomic mass is 19.3. The first-order chi connectivity index (χ1) is 15.4. The van der Waals surface area contributed by atoms with Crippen molar-refractivity contribution in [2.45, 2.75) is 25.4 Å². The predicted octanol–water partition coefficient (Wildman–Crippen LogP) is 4.24. The topological polar surface area (TPSA) is 60.0 Å². The van der Waals surface area contributed by atoms with Crippen LogP contribution in [0.25, 0.3) is 10.8 Å². The van der Waals surface area contributed by atoms with Gasteiger partial charge in [0.25, 0.3) is 5.91 Å². The third-order valence-corrected chi connectivity index (χ3v) is 5.77. The first-order valence-electron chi connectivity index (χ1n) is 10.4. The second-order valence-electron chi connectivity index (χ2n) is 7.93. The molecule has 2 aliphatic heterocycles. The van der Waals surface area contributed by atoms with E-state index in [9.17, 15) is 13.6 Å². The summed E-state index contributed by atoms with van der Waals surface area (Å²) >= 11 is 0. The molecule has 2 heterocycles. The summed E-state index contributed by atoms with van der Waals surface area (Å²) in [7, 11) is 0. The van der Waals surface area contributed by atoms with Gasteiger partial charge < -0.3 is 24.4 Å². The van der Waals surface area contributed by atoms with Crippen molar-refractivity contribution < 1.29 is 27.8 Å². The van der Waals surface area contributed by atoms with Gasteiger partial charge in [0.1, 0.15) is 6.61 Å². The normalized spacial score (nSPS) is 20.5. The molecule has 2 atom stereocenters. The molecule has 6 nitrogen and oxygen atoms in total. The predicted molar refractivity (Wildman–Crippen MR) is 115 cm³/mol. The fraction of sp³-hybridized carbons (Fsp3) is 0.292. The molecule has 166 valence electrons. The van der Waals surface area contributed by atoms with Crippen molar-refractivity contribution in [2.75, 3.05) is 24.6 Å². The molecule has 0 spiro atoms. The number of hydrogen-bond acceptors (Lipinski definition) is 5. The maximum atomic E-state index is 13.3. The summed E-state index contributed by atoms with van der Waals surface area (Å²) in [5.74, 6) is -0.387. The molecular formula is C24H22F2N2O4. The number of alkyl halides is 2. The van der Waals surface area contributed by atoms with Crippen LogP contribution in [0.3, 0.4) is 0 Å². The number of anilines is 1. The van der Waals surface area contributed by atoms with Crippen LogP contribution in [0.1, 0.15) is 18.5 Å². The van der Waals surface area contributed by atoms with Crippen molar-refractivity contribution in [1.29, 1.82) is 0 Å². The van der Waals surface area contributed by atoms with E-state index in [1.807, 2.05) is 18.2 Å². The molecular weight excluding hydrogens is 418 g/mol. The summed E-state index contributed by atoms with van der Waals surface area (Å²) in [6.45, 7) is 2.83. The minimum atomic E-state index is -3.69. The zero-order valence-electron chi connectivity index (χ0n) is 17.4. The van der Waals surface area contributed by atoms with E-state index in [1.54, 1.807) is 6.07 Å². The van der Waals surface area contributed by atoms with Gasteiger partial charge in [0, 0.05) is 24.3 Å². The molecule has 1 fully saturated rings. The minimum Gasteiger partial charge on any atom is -0.395 e. The molecule has 0 aromatic heterocycles. The van der Waals surface area contributed by atoms with E-state index in [0.717, 1.165) is 0 Å². The number of hydrogen-bond donors (Lipinski definition) is 1. The molecule has 1 N–H and O–H groups in total. The number of halogens is 2. The van der Waals surface area contributed by atoms with Gasteiger partial charge in [0.15, 0.2) is 11.5 Å². The molecule has 5 rings (SSSR count). The quantitative estimate of drug-likeness (QED) is 0.643. The maximum Gasteiger partial charge on any atom is 0.586 e. The molecule has 1 saturated heterocycles. The van der Waals surface area contributed by atoms with Gasteiger partial charge in [0.2, 0.25) is 0 Å². The zero-order chi connectivity index (χ0) is 22.3. The number of fused-ring (bicyclic) bond motifs is 2. The van der Waals surface area contributed by atoms with Gasteiger partial charge >= 0.3 is 6.29 Å². The van der Waals surface area contributed by atoms with Crippen molar-refractivity contribution in [1.82, 2.24) is 5.32 Å². The first-order valence-corrected chi connectivity index (χ1v) is 10.4. The fourth-order valence-corrected chi connectivity index (χ4v) is 4.15. The van der Waals surface area contributed by atoms with Gasteiger partial charge in [-0.25, -0.2) is 0 Å². The Labute approximate surface area is 183 Å². The number of carbonyl (C=O) groups excluding carboxylic acids is 1. The van der Waals surface area contributed by atoms with E-state index in [-0.39, 0.29) is 36.2 Å². The van der Waals surface area contributed by atoms with Crippen LogP contribution in [0.2, 0.25) is 0 Å². The van der Waals surface area contributed by atoms with Crippen LogP contribution < -0.4 is 19.7 Å². The van der Waals surface area contributed by atoms with E-state index in [2.05, 4.69) is 46.0 Å². The number of carbonyl (C=O) groups is 1. The Hall–Kier alpha value is -3.23. The van der Waals surface area contributed by atoms with Crippen molar-refractivity contribution in [3.8, 4) is 11.5 Å². The number of amides is 1. The summed E-state index contributed by atoms with van der Waals surface area (Å²) in [6, 6.07) is 18.9. The van der Waals surface area contributed by atoms with Crippen LogP contribution >= 0.6 is 0 Å². The molecule has 3 aromatic rings. The van der Waals surface area contributed by atoms with Crippen LogP contribution in [0.15, 0.2) is 60.7 Å². The van der Waals surface area contributed by atoms with Gasteiger partial charge in [0.05, 0.1) is 12.6 Å².